The molecule has 2 unspecified atom stereocenters. The van der Waals surface area contributed by atoms with Crippen molar-refractivity contribution in [1.29, 1.82) is 0 Å². The highest BCUT2D eigenvalue weighted by molar-refractivity contribution is 8.16. The molecular weight excluding hydrogens is 475 g/mol. The third-order valence-electron chi connectivity index (χ3n) is 4.72. The maximum Gasteiger partial charge on any atom is 0.252 e. The first kappa shape index (κ1) is 21.0. The molecule has 1 amide bonds. The van der Waals surface area contributed by atoms with Gasteiger partial charge in [-0.2, -0.15) is 4.99 Å². The van der Waals surface area contributed by atoms with Gasteiger partial charge in [0.05, 0.1) is 34.7 Å². The summed E-state index contributed by atoms with van der Waals surface area (Å²) in [5.41, 5.74) is 1.39. The molecule has 0 radical (unpaired) electrons. The summed E-state index contributed by atoms with van der Waals surface area (Å²) >= 11 is 19.6. The van der Waals surface area contributed by atoms with Gasteiger partial charge in [0.1, 0.15) is 0 Å². The van der Waals surface area contributed by atoms with Crippen LogP contribution in [0.4, 0.5) is 5.69 Å². The van der Waals surface area contributed by atoms with E-state index in [9.17, 15) is 13.2 Å². The monoisotopic (exact) mass is 488 g/mol. The van der Waals surface area contributed by atoms with Crippen LogP contribution in [0.1, 0.15) is 5.56 Å². The van der Waals surface area contributed by atoms with E-state index in [1.165, 1.54) is 11.8 Å². The Morgan fingerprint density at radius 2 is 1.76 bits per heavy atom. The molecule has 0 aliphatic carbocycles. The standard InChI is InChI=1S/C19H15Cl3N2O3S2/c20-12-3-1-11(2-4-12)7-18(25)23-19-24(15-6-5-13(21)8-14(15)22)16-9-29(26,27)10-17(16)28-19/h1-6,8,16-17H,7,9-10H2. The van der Waals surface area contributed by atoms with Crippen molar-refractivity contribution in [3.05, 3.63) is 63.1 Å². The van der Waals surface area contributed by atoms with Crippen LogP contribution in [0, 0.1) is 0 Å². The van der Waals surface area contributed by atoms with E-state index in [1.807, 2.05) is 0 Å². The third kappa shape index (κ3) is 4.59. The number of amidine groups is 1. The van der Waals surface area contributed by atoms with Gasteiger partial charge in [0.2, 0.25) is 0 Å². The van der Waals surface area contributed by atoms with E-state index in [-0.39, 0.29) is 35.1 Å². The highest BCUT2D eigenvalue weighted by Crippen LogP contribution is 2.43. The van der Waals surface area contributed by atoms with E-state index >= 15 is 0 Å². The number of aliphatic imine (C=N–C) groups is 1. The molecule has 0 saturated carbocycles. The number of anilines is 1. The van der Waals surface area contributed by atoms with Crippen LogP contribution >= 0.6 is 46.6 Å². The molecule has 2 aromatic rings. The van der Waals surface area contributed by atoms with Crippen LogP contribution in [0.5, 0.6) is 0 Å². The van der Waals surface area contributed by atoms with Gasteiger partial charge in [-0.3, -0.25) is 4.79 Å². The molecule has 4 rings (SSSR count). The van der Waals surface area contributed by atoms with Crippen LogP contribution in [0.3, 0.4) is 0 Å². The molecule has 2 aromatic carbocycles. The Morgan fingerprint density at radius 1 is 1.07 bits per heavy atom. The van der Waals surface area contributed by atoms with Crippen LogP contribution in [0.15, 0.2) is 47.5 Å². The van der Waals surface area contributed by atoms with Gasteiger partial charge < -0.3 is 4.90 Å². The molecule has 0 aromatic heterocycles. The van der Waals surface area contributed by atoms with Gasteiger partial charge in [-0.1, -0.05) is 58.7 Å². The molecule has 2 saturated heterocycles. The number of amides is 1. The van der Waals surface area contributed by atoms with E-state index in [2.05, 4.69) is 4.99 Å². The van der Waals surface area contributed by atoms with Crippen LogP contribution in [-0.4, -0.2) is 42.3 Å². The lowest BCUT2D eigenvalue weighted by Crippen LogP contribution is -2.38. The molecule has 2 aliphatic heterocycles. The van der Waals surface area contributed by atoms with Crippen molar-refractivity contribution in [3.8, 4) is 0 Å². The molecule has 2 fully saturated rings. The van der Waals surface area contributed by atoms with Gasteiger partial charge in [0.25, 0.3) is 5.91 Å². The molecule has 29 heavy (non-hydrogen) atoms. The second kappa shape index (κ2) is 8.12. The van der Waals surface area contributed by atoms with Gasteiger partial charge >= 0.3 is 0 Å². The summed E-state index contributed by atoms with van der Waals surface area (Å²) in [7, 11) is -3.16. The Balaban J connectivity index is 1.66. The third-order valence-corrected chi connectivity index (χ3v) is 8.72. The Morgan fingerprint density at radius 3 is 2.45 bits per heavy atom. The molecule has 0 N–H and O–H groups in total. The van der Waals surface area contributed by atoms with Crippen molar-refractivity contribution in [3.63, 3.8) is 0 Å². The molecule has 0 bridgehead atoms. The fraction of sp³-hybridized carbons (Fsp3) is 0.263. The number of nitrogens with zero attached hydrogens (tertiary/aromatic N) is 2. The normalized spacial score (nSPS) is 24.1. The first-order chi connectivity index (χ1) is 13.7. The van der Waals surface area contributed by atoms with Crippen molar-refractivity contribution < 1.29 is 13.2 Å². The molecular formula is C19H15Cl3N2O3S2. The zero-order chi connectivity index (χ0) is 20.8. The first-order valence-electron chi connectivity index (χ1n) is 8.69. The number of carbonyl (C=O) groups is 1. The number of halogens is 3. The lowest BCUT2D eigenvalue weighted by atomic mass is 10.1. The SMILES string of the molecule is O=C(Cc1ccc(Cl)cc1)N=C1SC2CS(=O)(=O)CC2N1c1ccc(Cl)cc1Cl. The van der Waals surface area contributed by atoms with E-state index in [1.54, 1.807) is 47.4 Å². The average Bonchev–Trinajstić information content (AvgIpc) is 3.08. The summed E-state index contributed by atoms with van der Waals surface area (Å²) < 4.78 is 24.3. The predicted molar refractivity (Wildman–Crippen MR) is 120 cm³/mol. The van der Waals surface area contributed by atoms with Gasteiger partial charge in [-0.05, 0) is 35.9 Å². The number of thioether (sulfide) groups is 1. The molecule has 152 valence electrons. The predicted octanol–water partition coefficient (Wildman–Crippen LogP) is 4.49. The van der Waals surface area contributed by atoms with Crippen molar-refractivity contribution in [2.24, 2.45) is 4.99 Å². The van der Waals surface area contributed by atoms with Crippen LogP contribution in [0.2, 0.25) is 15.1 Å². The summed E-state index contributed by atoms with van der Waals surface area (Å²) in [6.45, 7) is 0. The number of rotatable bonds is 3. The second-order valence-electron chi connectivity index (χ2n) is 6.86. The summed E-state index contributed by atoms with van der Waals surface area (Å²) in [5.74, 6) is -0.282. The van der Waals surface area contributed by atoms with Gasteiger partial charge in [0, 0.05) is 15.3 Å². The summed E-state index contributed by atoms with van der Waals surface area (Å²) in [6.07, 6.45) is 0.122. The Bertz CT molecular complexity index is 1100. The molecule has 5 nitrogen and oxygen atoms in total. The lowest BCUT2D eigenvalue weighted by molar-refractivity contribution is -0.117. The highest BCUT2D eigenvalue weighted by Gasteiger charge is 2.49. The van der Waals surface area contributed by atoms with Gasteiger partial charge in [-0.25, -0.2) is 8.42 Å². The average molecular weight is 490 g/mol. The minimum Gasteiger partial charge on any atom is -0.314 e. The molecule has 10 heteroatoms. The van der Waals surface area contributed by atoms with Crippen LogP contribution in [0.25, 0.3) is 0 Å². The number of hydrogen-bond acceptors (Lipinski definition) is 4. The highest BCUT2D eigenvalue weighted by atomic mass is 35.5. The number of benzene rings is 2. The fourth-order valence-corrected chi connectivity index (χ4v) is 8.00. The van der Waals surface area contributed by atoms with Crippen molar-refractivity contribution in [2.45, 2.75) is 17.7 Å². The minimum atomic E-state index is -3.16. The Labute approximate surface area is 188 Å². The summed E-state index contributed by atoms with van der Waals surface area (Å²) in [4.78, 5) is 18.6. The first-order valence-corrected chi connectivity index (χ1v) is 12.5. The van der Waals surface area contributed by atoms with Crippen LogP contribution in [-0.2, 0) is 21.1 Å². The fourth-order valence-electron chi connectivity index (χ4n) is 3.45. The molecule has 2 heterocycles. The maximum absolute atomic E-state index is 12.6. The maximum atomic E-state index is 12.6. The van der Waals surface area contributed by atoms with Crippen molar-refractivity contribution in [2.75, 3.05) is 16.4 Å². The van der Waals surface area contributed by atoms with Crippen molar-refractivity contribution >= 4 is 73.2 Å². The number of sulfone groups is 1. The van der Waals surface area contributed by atoms with Gasteiger partial charge in [0.15, 0.2) is 15.0 Å². The zero-order valence-electron chi connectivity index (χ0n) is 14.9. The van der Waals surface area contributed by atoms with Crippen LogP contribution < -0.4 is 4.90 Å². The lowest BCUT2D eigenvalue weighted by Gasteiger charge is -2.25. The Hall–Kier alpha value is -1.25. The molecule has 2 aliphatic rings. The Kier molecular flexibility index (Phi) is 5.88. The largest absolute Gasteiger partial charge is 0.314 e. The minimum absolute atomic E-state index is 0.00594. The molecule has 0 spiro atoms. The summed E-state index contributed by atoms with van der Waals surface area (Å²) in [5, 5.41) is 1.70. The second-order valence-corrected chi connectivity index (χ2v) is 11.5. The van der Waals surface area contributed by atoms with E-state index in [4.69, 9.17) is 34.8 Å². The van der Waals surface area contributed by atoms with Crippen molar-refractivity contribution in [1.82, 2.24) is 0 Å². The number of carbonyl (C=O) groups excluding carboxylic acids is 1. The quantitative estimate of drug-likeness (QED) is 0.635. The molecule has 2 atom stereocenters. The smallest absolute Gasteiger partial charge is 0.252 e. The number of fused-ring (bicyclic) bond motifs is 1. The zero-order valence-corrected chi connectivity index (χ0v) is 18.8. The summed E-state index contributed by atoms with van der Waals surface area (Å²) in [6, 6.07) is 11.6. The topological polar surface area (TPSA) is 66.8 Å². The van der Waals surface area contributed by atoms with E-state index < -0.39 is 9.84 Å². The number of hydrogen-bond donors (Lipinski definition) is 0. The van der Waals surface area contributed by atoms with Gasteiger partial charge in [-0.15, -0.1) is 0 Å². The van der Waals surface area contributed by atoms with E-state index in [0.29, 0.717) is 25.9 Å². The van der Waals surface area contributed by atoms with E-state index in [0.717, 1.165) is 5.56 Å².